The molecule has 0 saturated heterocycles. The first-order valence-electron chi connectivity index (χ1n) is 5.58. The molecule has 0 aliphatic rings. The quantitative estimate of drug-likeness (QED) is 0.828. The van der Waals surface area contributed by atoms with Gasteiger partial charge in [-0.05, 0) is 30.5 Å². The molecule has 0 spiro atoms. The number of hydrogen-bond acceptors (Lipinski definition) is 2. The molecule has 0 fully saturated rings. The van der Waals surface area contributed by atoms with E-state index in [0.717, 1.165) is 12.1 Å². The molecule has 0 aliphatic carbocycles. The Hall–Kier alpha value is -1.72. The molecule has 0 aliphatic heterocycles. The maximum Gasteiger partial charge on any atom is 0.407 e. The Morgan fingerprint density at radius 2 is 1.89 bits per heavy atom. The molecule has 0 saturated carbocycles. The fourth-order valence-electron chi connectivity index (χ4n) is 1.31. The van der Waals surface area contributed by atoms with Crippen LogP contribution in [0.1, 0.15) is 18.9 Å². The van der Waals surface area contributed by atoms with Gasteiger partial charge in [0.2, 0.25) is 0 Å². The van der Waals surface area contributed by atoms with Crippen LogP contribution in [0, 0.1) is 17.5 Å². The van der Waals surface area contributed by atoms with Crippen LogP contribution in [0.25, 0.3) is 0 Å². The summed E-state index contributed by atoms with van der Waals surface area (Å²) < 4.78 is 43.1. The number of benzene rings is 1. The van der Waals surface area contributed by atoms with E-state index < -0.39 is 23.5 Å². The van der Waals surface area contributed by atoms with E-state index in [1.54, 1.807) is 0 Å². The Bertz CT molecular complexity index is 401. The summed E-state index contributed by atoms with van der Waals surface area (Å²) in [5, 5.41) is 2.42. The number of hydrogen-bond donors (Lipinski definition) is 1. The second-order valence-corrected chi connectivity index (χ2v) is 3.69. The highest BCUT2D eigenvalue weighted by Crippen LogP contribution is 2.13. The van der Waals surface area contributed by atoms with E-state index in [2.05, 4.69) is 5.32 Å². The summed E-state index contributed by atoms with van der Waals surface area (Å²) in [6, 6.07) is 1.80. The van der Waals surface area contributed by atoms with Gasteiger partial charge < -0.3 is 10.1 Å². The summed E-state index contributed by atoms with van der Waals surface area (Å²) in [5.74, 6) is -3.97. The second kappa shape index (κ2) is 6.88. The van der Waals surface area contributed by atoms with Gasteiger partial charge in [-0.2, -0.15) is 0 Å². The van der Waals surface area contributed by atoms with Gasteiger partial charge in [-0.15, -0.1) is 0 Å². The standard InChI is InChI=1S/C12H14F3NO2/c1-2-5-18-12(17)16-4-3-8-6-9(13)11(15)10(14)7-8/h6-7H,2-5H2,1H3,(H,16,17). The Labute approximate surface area is 103 Å². The van der Waals surface area contributed by atoms with Crippen molar-refractivity contribution in [2.24, 2.45) is 0 Å². The van der Waals surface area contributed by atoms with Crippen molar-refractivity contribution in [3.05, 3.63) is 35.1 Å². The zero-order valence-electron chi connectivity index (χ0n) is 9.93. The van der Waals surface area contributed by atoms with E-state index in [9.17, 15) is 18.0 Å². The number of carbonyl (C=O) groups excluding carboxylic acids is 1. The van der Waals surface area contributed by atoms with E-state index in [1.165, 1.54) is 0 Å². The molecule has 1 rings (SSSR count). The van der Waals surface area contributed by atoms with Gasteiger partial charge in [0.05, 0.1) is 6.61 Å². The van der Waals surface area contributed by atoms with Crippen LogP contribution in [0.2, 0.25) is 0 Å². The first-order chi connectivity index (χ1) is 8.54. The molecule has 1 aromatic carbocycles. The maximum absolute atomic E-state index is 12.9. The van der Waals surface area contributed by atoms with Crippen molar-refractivity contribution in [1.82, 2.24) is 5.32 Å². The highest BCUT2D eigenvalue weighted by atomic mass is 19.2. The summed E-state index contributed by atoms with van der Waals surface area (Å²) >= 11 is 0. The van der Waals surface area contributed by atoms with Gasteiger partial charge in [-0.25, -0.2) is 18.0 Å². The summed E-state index contributed by atoms with van der Waals surface area (Å²) in [5.41, 5.74) is 0.266. The van der Waals surface area contributed by atoms with Crippen molar-refractivity contribution < 1.29 is 22.7 Å². The highest BCUT2D eigenvalue weighted by Gasteiger charge is 2.10. The molecule has 0 bridgehead atoms. The third-order valence-corrected chi connectivity index (χ3v) is 2.16. The van der Waals surface area contributed by atoms with Crippen LogP contribution in [0.15, 0.2) is 12.1 Å². The molecule has 0 atom stereocenters. The highest BCUT2D eigenvalue weighted by molar-refractivity contribution is 5.67. The molecule has 100 valence electrons. The van der Waals surface area contributed by atoms with Crippen LogP contribution < -0.4 is 5.32 Å². The minimum Gasteiger partial charge on any atom is -0.450 e. The van der Waals surface area contributed by atoms with Crippen molar-refractivity contribution in [1.29, 1.82) is 0 Å². The largest absolute Gasteiger partial charge is 0.450 e. The van der Waals surface area contributed by atoms with Gasteiger partial charge in [0.1, 0.15) is 0 Å². The number of alkyl carbamates (subject to hydrolysis) is 1. The number of halogens is 3. The summed E-state index contributed by atoms with van der Waals surface area (Å²) in [4.78, 5) is 11.0. The second-order valence-electron chi connectivity index (χ2n) is 3.69. The molecule has 1 amide bonds. The first-order valence-corrected chi connectivity index (χ1v) is 5.58. The monoisotopic (exact) mass is 261 g/mol. The average Bonchev–Trinajstić information content (AvgIpc) is 2.33. The maximum atomic E-state index is 12.9. The number of nitrogens with one attached hydrogen (secondary N) is 1. The average molecular weight is 261 g/mol. The lowest BCUT2D eigenvalue weighted by Crippen LogP contribution is -2.26. The Morgan fingerprint density at radius 3 is 2.44 bits per heavy atom. The molecule has 0 aromatic heterocycles. The van der Waals surface area contributed by atoms with Crippen molar-refractivity contribution in [3.8, 4) is 0 Å². The number of ether oxygens (including phenoxy) is 1. The lowest BCUT2D eigenvalue weighted by Gasteiger charge is -2.06. The molecule has 6 heteroatoms. The molecule has 0 heterocycles. The lowest BCUT2D eigenvalue weighted by molar-refractivity contribution is 0.146. The SMILES string of the molecule is CCCOC(=O)NCCc1cc(F)c(F)c(F)c1. The van der Waals surface area contributed by atoms with E-state index in [1.807, 2.05) is 6.92 Å². The van der Waals surface area contributed by atoms with Gasteiger partial charge in [-0.3, -0.25) is 0 Å². The molecular formula is C12H14F3NO2. The van der Waals surface area contributed by atoms with Gasteiger partial charge in [-0.1, -0.05) is 6.92 Å². The van der Waals surface area contributed by atoms with Crippen molar-refractivity contribution in [3.63, 3.8) is 0 Å². The molecule has 18 heavy (non-hydrogen) atoms. The fourth-order valence-corrected chi connectivity index (χ4v) is 1.31. The van der Waals surface area contributed by atoms with Crippen LogP contribution in [-0.2, 0) is 11.2 Å². The number of carbonyl (C=O) groups is 1. The predicted molar refractivity (Wildman–Crippen MR) is 59.7 cm³/mol. The van der Waals surface area contributed by atoms with Crippen LogP contribution in [0.4, 0.5) is 18.0 Å². The first kappa shape index (κ1) is 14.3. The Morgan fingerprint density at radius 1 is 1.28 bits per heavy atom. The van der Waals surface area contributed by atoms with E-state index in [-0.39, 0.29) is 18.5 Å². The number of rotatable bonds is 5. The summed E-state index contributed by atoms with van der Waals surface area (Å²) in [6.45, 7) is 2.33. The zero-order valence-corrected chi connectivity index (χ0v) is 9.93. The van der Waals surface area contributed by atoms with Crippen molar-refractivity contribution in [2.45, 2.75) is 19.8 Å². The van der Waals surface area contributed by atoms with E-state index in [0.29, 0.717) is 13.0 Å². The topological polar surface area (TPSA) is 38.3 Å². The van der Waals surface area contributed by atoms with Crippen LogP contribution in [0.3, 0.4) is 0 Å². The molecule has 1 N–H and O–H groups in total. The van der Waals surface area contributed by atoms with E-state index in [4.69, 9.17) is 4.74 Å². The summed E-state index contributed by atoms with van der Waals surface area (Å²) in [7, 11) is 0. The zero-order chi connectivity index (χ0) is 13.5. The van der Waals surface area contributed by atoms with Crippen LogP contribution in [-0.4, -0.2) is 19.2 Å². The van der Waals surface area contributed by atoms with Gasteiger partial charge in [0, 0.05) is 6.54 Å². The van der Waals surface area contributed by atoms with Crippen LogP contribution >= 0.6 is 0 Å². The Balaban J connectivity index is 2.42. The fraction of sp³-hybridized carbons (Fsp3) is 0.417. The smallest absolute Gasteiger partial charge is 0.407 e. The van der Waals surface area contributed by atoms with Crippen LogP contribution in [0.5, 0.6) is 0 Å². The predicted octanol–water partition coefficient (Wildman–Crippen LogP) is 2.78. The summed E-state index contributed by atoms with van der Waals surface area (Å²) in [6.07, 6.45) is 0.317. The minimum absolute atomic E-state index is 0.160. The molecule has 1 aromatic rings. The molecule has 0 unspecified atom stereocenters. The van der Waals surface area contributed by atoms with E-state index >= 15 is 0 Å². The third-order valence-electron chi connectivity index (χ3n) is 2.16. The number of amides is 1. The van der Waals surface area contributed by atoms with Gasteiger partial charge in [0.25, 0.3) is 0 Å². The molecular weight excluding hydrogens is 247 g/mol. The Kier molecular flexibility index (Phi) is 5.48. The van der Waals surface area contributed by atoms with Gasteiger partial charge in [0.15, 0.2) is 17.5 Å². The lowest BCUT2D eigenvalue weighted by atomic mass is 10.1. The third kappa shape index (κ3) is 4.27. The molecule has 0 radical (unpaired) electrons. The normalized spacial score (nSPS) is 10.2. The van der Waals surface area contributed by atoms with Crippen molar-refractivity contribution in [2.75, 3.05) is 13.2 Å². The minimum atomic E-state index is -1.49. The van der Waals surface area contributed by atoms with Gasteiger partial charge >= 0.3 is 6.09 Å². The van der Waals surface area contributed by atoms with Crippen molar-refractivity contribution >= 4 is 6.09 Å². The molecule has 3 nitrogen and oxygen atoms in total.